The Morgan fingerprint density at radius 3 is 2.59 bits per heavy atom. The maximum atomic E-state index is 12.6. The third-order valence-corrected chi connectivity index (χ3v) is 2.81. The predicted octanol–water partition coefficient (Wildman–Crippen LogP) is 3.25. The van der Waals surface area contributed by atoms with Crippen molar-refractivity contribution in [2.45, 2.75) is 13.1 Å². The molecule has 7 heteroatoms. The van der Waals surface area contributed by atoms with Crippen molar-refractivity contribution < 1.29 is 18.0 Å². The van der Waals surface area contributed by atoms with Gasteiger partial charge in [-0.3, -0.25) is 9.78 Å². The van der Waals surface area contributed by atoms with Crippen LogP contribution < -0.4 is 5.43 Å². The van der Waals surface area contributed by atoms with Gasteiger partial charge >= 0.3 is 6.18 Å². The number of aromatic nitrogens is 1. The Morgan fingerprint density at radius 1 is 1.18 bits per heavy atom. The minimum atomic E-state index is -4.50. The minimum Gasteiger partial charge on any atom is -0.267 e. The van der Waals surface area contributed by atoms with Crippen LogP contribution in [0, 0.1) is 0 Å². The molecule has 0 atom stereocenters. The van der Waals surface area contributed by atoms with Crippen molar-refractivity contribution >= 4 is 11.6 Å². The van der Waals surface area contributed by atoms with Crippen LogP contribution in [0.5, 0.6) is 0 Å². The first-order chi connectivity index (χ1) is 10.4. The summed E-state index contributed by atoms with van der Waals surface area (Å²) >= 11 is 0. The lowest BCUT2D eigenvalue weighted by Gasteiger charge is -2.08. The van der Waals surface area contributed by atoms with Crippen LogP contribution in [0.1, 0.15) is 28.5 Å². The van der Waals surface area contributed by atoms with Gasteiger partial charge in [0.1, 0.15) is 0 Å². The van der Waals surface area contributed by atoms with Gasteiger partial charge in [0.2, 0.25) is 0 Å². The first kappa shape index (κ1) is 15.7. The van der Waals surface area contributed by atoms with E-state index in [9.17, 15) is 18.0 Å². The van der Waals surface area contributed by atoms with Crippen molar-refractivity contribution in [1.82, 2.24) is 10.4 Å². The van der Waals surface area contributed by atoms with Crippen molar-refractivity contribution in [3.8, 4) is 0 Å². The molecule has 1 N–H and O–H groups in total. The second-order valence-corrected chi connectivity index (χ2v) is 4.43. The van der Waals surface area contributed by atoms with Crippen LogP contribution in [-0.2, 0) is 6.18 Å². The van der Waals surface area contributed by atoms with E-state index in [1.54, 1.807) is 31.3 Å². The van der Waals surface area contributed by atoms with E-state index in [0.717, 1.165) is 12.1 Å². The van der Waals surface area contributed by atoms with E-state index in [4.69, 9.17) is 0 Å². The van der Waals surface area contributed by atoms with Crippen LogP contribution in [0.25, 0.3) is 0 Å². The largest absolute Gasteiger partial charge is 0.416 e. The molecular weight excluding hydrogens is 295 g/mol. The Balaban J connectivity index is 2.13. The molecule has 0 saturated heterocycles. The van der Waals surface area contributed by atoms with Crippen molar-refractivity contribution in [2.24, 2.45) is 5.10 Å². The number of rotatable bonds is 3. The second-order valence-electron chi connectivity index (χ2n) is 4.43. The monoisotopic (exact) mass is 307 g/mol. The highest BCUT2D eigenvalue weighted by molar-refractivity contribution is 5.99. The molecule has 1 aromatic heterocycles. The summed E-state index contributed by atoms with van der Waals surface area (Å²) < 4.78 is 37.8. The normalized spacial score (nSPS) is 12.1. The van der Waals surface area contributed by atoms with Crippen LogP contribution in [-0.4, -0.2) is 16.6 Å². The van der Waals surface area contributed by atoms with Crippen molar-refractivity contribution in [3.05, 3.63) is 65.5 Å². The summed E-state index contributed by atoms with van der Waals surface area (Å²) in [5, 5.41) is 3.84. The molecule has 114 valence electrons. The molecular formula is C15H12F3N3O. The highest BCUT2D eigenvalue weighted by Crippen LogP contribution is 2.29. The van der Waals surface area contributed by atoms with E-state index in [1.807, 2.05) is 0 Å². The number of nitrogens with one attached hydrogen (secondary N) is 1. The van der Waals surface area contributed by atoms with Crippen molar-refractivity contribution in [2.75, 3.05) is 0 Å². The number of carbonyl (C=O) groups excluding carboxylic acids is 1. The quantitative estimate of drug-likeness (QED) is 0.699. The number of hydrogen-bond donors (Lipinski definition) is 1. The molecule has 22 heavy (non-hydrogen) atoms. The van der Waals surface area contributed by atoms with Gasteiger partial charge < -0.3 is 0 Å². The van der Waals surface area contributed by atoms with Gasteiger partial charge in [0.15, 0.2) is 0 Å². The number of hydrogen-bond acceptors (Lipinski definition) is 3. The Kier molecular flexibility index (Phi) is 4.55. The standard InChI is InChI=1S/C15H12F3N3O/c1-10(13-7-2-3-8-19-13)20-21-14(22)11-5-4-6-12(9-11)15(16,17)18/h2-9H,1H3,(H,21,22). The fourth-order valence-electron chi connectivity index (χ4n) is 1.67. The number of benzene rings is 1. The fraction of sp³-hybridized carbons (Fsp3) is 0.133. The first-order valence-corrected chi connectivity index (χ1v) is 6.31. The number of pyridine rings is 1. The molecule has 0 aliphatic rings. The van der Waals surface area contributed by atoms with Crippen LogP contribution in [0.3, 0.4) is 0 Å². The number of hydrazone groups is 1. The third-order valence-electron chi connectivity index (χ3n) is 2.81. The van der Waals surface area contributed by atoms with Crippen molar-refractivity contribution in [1.29, 1.82) is 0 Å². The van der Waals surface area contributed by atoms with Crippen molar-refractivity contribution in [3.63, 3.8) is 0 Å². The lowest BCUT2D eigenvalue weighted by atomic mass is 10.1. The fourth-order valence-corrected chi connectivity index (χ4v) is 1.67. The summed E-state index contributed by atoms with van der Waals surface area (Å²) in [6.07, 6.45) is -2.92. The molecule has 0 unspecified atom stereocenters. The molecule has 2 rings (SSSR count). The van der Waals surface area contributed by atoms with Gasteiger partial charge in [-0.15, -0.1) is 0 Å². The average molecular weight is 307 g/mol. The zero-order chi connectivity index (χ0) is 16.2. The summed E-state index contributed by atoms with van der Waals surface area (Å²) in [4.78, 5) is 15.9. The van der Waals surface area contributed by atoms with E-state index < -0.39 is 17.6 Å². The van der Waals surface area contributed by atoms with Gasteiger partial charge in [0.05, 0.1) is 17.0 Å². The maximum absolute atomic E-state index is 12.6. The molecule has 4 nitrogen and oxygen atoms in total. The van der Waals surface area contributed by atoms with E-state index >= 15 is 0 Å². The Morgan fingerprint density at radius 2 is 1.95 bits per heavy atom. The van der Waals surface area contributed by atoms with Gasteiger partial charge in [0, 0.05) is 11.8 Å². The average Bonchev–Trinajstić information content (AvgIpc) is 2.52. The molecule has 1 amide bonds. The highest BCUT2D eigenvalue weighted by atomic mass is 19.4. The second kappa shape index (κ2) is 6.38. The molecule has 0 spiro atoms. The summed E-state index contributed by atoms with van der Waals surface area (Å²) in [7, 11) is 0. The van der Waals surface area contributed by atoms with Crippen LogP contribution in [0.4, 0.5) is 13.2 Å². The van der Waals surface area contributed by atoms with Gasteiger partial charge in [0.25, 0.3) is 5.91 Å². The number of halogens is 3. The predicted molar refractivity (Wildman–Crippen MR) is 75.4 cm³/mol. The number of alkyl halides is 3. The van der Waals surface area contributed by atoms with Crippen LogP contribution in [0.15, 0.2) is 53.8 Å². The van der Waals surface area contributed by atoms with Gasteiger partial charge in [-0.2, -0.15) is 18.3 Å². The minimum absolute atomic E-state index is 0.118. The molecule has 0 bridgehead atoms. The summed E-state index contributed by atoms with van der Waals surface area (Å²) in [5.41, 5.74) is 2.22. The third kappa shape index (κ3) is 3.91. The SMILES string of the molecule is CC(=NNC(=O)c1cccc(C(F)(F)F)c1)c1ccccn1. The zero-order valence-electron chi connectivity index (χ0n) is 11.6. The summed E-state index contributed by atoms with van der Waals surface area (Å²) in [6, 6.07) is 9.34. The molecule has 1 heterocycles. The molecule has 1 aromatic carbocycles. The number of amides is 1. The molecule has 0 fully saturated rings. The molecule has 0 radical (unpaired) electrons. The molecule has 0 aliphatic carbocycles. The summed E-state index contributed by atoms with van der Waals surface area (Å²) in [5.74, 6) is -0.721. The highest BCUT2D eigenvalue weighted by Gasteiger charge is 2.30. The van der Waals surface area contributed by atoms with Gasteiger partial charge in [-0.05, 0) is 37.3 Å². The van der Waals surface area contributed by atoms with E-state index in [1.165, 1.54) is 12.1 Å². The number of nitrogens with zero attached hydrogens (tertiary/aromatic N) is 2. The topological polar surface area (TPSA) is 54.4 Å². The Hall–Kier alpha value is -2.70. The zero-order valence-corrected chi connectivity index (χ0v) is 11.6. The van der Waals surface area contributed by atoms with Gasteiger partial charge in [-0.25, -0.2) is 5.43 Å². The lowest BCUT2D eigenvalue weighted by Crippen LogP contribution is -2.20. The maximum Gasteiger partial charge on any atom is 0.416 e. The molecule has 2 aromatic rings. The smallest absolute Gasteiger partial charge is 0.267 e. The molecule has 0 saturated carbocycles. The summed E-state index contributed by atoms with van der Waals surface area (Å²) in [6.45, 7) is 1.63. The van der Waals surface area contributed by atoms with Crippen LogP contribution in [0.2, 0.25) is 0 Å². The Labute approximate surface area is 124 Å². The van der Waals surface area contributed by atoms with Crippen LogP contribution >= 0.6 is 0 Å². The van der Waals surface area contributed by atoms with Gasteiger partial charge in [-0.1, -0.05) is 12.1 Å². The van der Waals surface area contributed by atoms with E-state index in [2.05, 4.69) is 15.5 Å². The van der Waals surface area contributed by atoms with E-state index in [-0.39, 0.29) is 5.56 Å². The Bertz CT molecular complexity index is 697. The van der Waals surface area contributed by atoms with E-state index in [0.29, 0.717) is 11.4 Å². The number of carbonyl (C=O) groups is 1. The first-order valence-electron chi connectivity index (χ1n) is 6.31. The molecule has 0 aliphatic heterocycles. The lowest BCUT2D eigenvalue weighted by molar-refractivity contribution is -0.137.